The minimum atomic E-state index is -4.89. The second kappa shape index (κ2) is 12.8. The molecule has 56 heavy (non-hydrogen) atoms. The van der Waals surface area contributed by atoms with Crippen molar-refractivity contribution in [3.05, 3.63) is 193 Å². The Bertz CT molecular complexity index is 2940. The predicted octanol–water partition coefficient (Wildman–Crippen LogP) is 14.2. The first-order valence-corrected chi connectivity index (χ1v) is 18.1. The van der Waals surface area contributed by atoms with E-state index in [1.54, 1.807) is 33.4 Å². The van der Waals surface area contributed by atoms with Crippen molar-refractivity contribution in [3.8, 4) is 44.8 Å². The highest BCUT2D eigenvalue weighted by molar-refractivity contribution is 6.12. The predicted molar refractivity (Wildman–Crippen MR) is 216 cm³/mol. The average Bonchev–Trinajstić information content (AvgIpc) is 3.72. The number of nitrogens with zero attached hydrogens (tertiary/aromatic N) is 2. The van der Waals surface area contributed by atoms with E-state index in [0.29, 0.717) is 22.1 Å². The van der Waals surface area contributed by atoms with E-state index in [0.717, 1.165) is 62.0 Å². The standard InChI is InChI=1S/C49H29F5N2/c50-36-23-34(24-37(51)29-36)35-27-46(55-42-17-9-7-15-38(42)40-21-19-32(25-44(40)55)30-11-3-1-4-12-30)48(49(52,53)54)47(28-35)56-43-18-10-8-16-39(43)41-22-20-33(26-45(41)56)31-13-5-2-6-14-31/h1-29H. The number of rotatable bonds is 5. The van der Waals surface area contributed by atoms with Gasteiger partial charge in [-0.1, -0.05) is 121 Å². The highest BCUT2D eigenvalue weighted by Crippen LogP contribution is 2.47. The number of hydrogen-bond acceptors (Lipinski definition) is 0. The van der Waals surface area contributed by atoms with Crippen molar-refractivity contribution in [2.45, 2.75) is 6.18 Å². The van der Waals surface area contributed by atoms with Crippen LogP contribution in [0.3, 0.4) is 0 Å². The van der Waals surface area contributed by atoms with Crippen molar-refractivity contribution in [2.24, 2.45) is 0 Å². The molecule has 0 saturated carbocycles. The Balaban J connectivity index is 1.39. The van der Waals surface area contributed by atoms with Gasteiger partial charge in [0.05, 0.1) is 33.4 Å². The van der Waals surface area contributed by atoms with E-state index in [2.05, 4.69) is 0 Å². The third kappa shape index (κ3) is 5.46. The van der Waals surface area contributed by atoms with E-state index in [4.69, 9.17) is 0 Å². The van der Waals surface area contributed by atoms with Crippen molar-refractivity contribution >= 4 is 43.6 Å². The van der Waals surface area contributed by atoms with Crippen LogP contribution in [0.4, 0.5) is 22.0 Å². The highest BCUT2D eigenvalue weighted by atomic mass is 19.4. The summed E-state index contributed by atoms with van der Waals surface area (Å²) in [5.41, 5.74) is 4.79. The van der Waals surface area contributed by atoms with Gasteiger partial charge in [0.1, 0.15) is 17.2 Å². The zero-order valence-corrected chi connectivity index (χ0v) is 29.5. The molecule has 0 aliphatic heterocycles. The second-order valence-electron chi connectivity index (χ2n) is 13.9. The largest absolute Gasteiger partial charge is 0.420 e. The van der Waals surface area contributed by atoms with Crippen LogP contribution >= 0.6 is 0 Å². The lowest BCUT2D eigenvalue weighted by Crippen LogP contribution is -2.16. The SMILES string of the molecule is Fc1cc(F)cc(-c2cc(-n3c4ccccc4c4ccc(-c5ccccc5)cc43)c(C(F)(F)F)c(-n3c4ccccc4c4ccc(-c5ccccc5)cc43)c2)c1. The van der Waals surface area contributed by atoms with Crippen LogP contribution in [0.5, 0.6) is 0 Å². The molecule has 10 rings (SSSR count). The molecule has 0 unspecified atom stereocenters. The number of fused-ring (bicyclic) bond motifs is 6. The number of hydrogen-bond donors (Lipinski definition) is 0. The van der Waals surface area contributed by atoms with Crippen LogP contribution in [0.25, 0.3) is 88.4 Å². The number of halogens is 5. The van der Waals surface area contributed by atoms with Crippen molar-refractivity contribution in [2.75, 3.05) is 0 Å². The molecule has 0 spiro atoms. The molecule has 10 aromatic rings. The molecule has 0 aliphatic rings. The minimum absolute atomic E-state index is 0.107. The summed E-state index contributed by atoms with van der Waals surface area (Å²) in [5, 5.41) is 3.06. The number of benzene rings is 8. The molecule has 8 aromatic carbocycles. The van der Waals surface area contributed by atoms with Gasteiger partial charge in [0.15, 0.2) is 0 Å². The summed E-state index contributed by atoms with van der Waals surface area (Å²) in [6.45, 7) is 0. The maximum absolute atomic E-state index is 16.3. The lowest BCUT2D eigenvalue weighted by Gasteiger charge is -2.23. The van der Waals surface area contributed by atoms with Gasteiger partial charge in [-0.05, 0) is 81.9 Å². The first-order chi connectivity index (χ1) is 27.2. The van der Waals surface area contributed by atoms with Crippen molar-refractivity contribution < 1.29 is 22.0 Å². The highest BCUT2D eigenvalue weighted by Gasteiger charge is 2.39. The molecule has 0 amide bonds. The van der Waals surface area contributed by atoms with Crippen LogP contribution in [-0.4, -0.2) is 9.13 Å². The molecule has 270 valence electrons. The van der Waals surface area contributed by atoms with Crippen molar-refractivity contribution in [3.63, 3.8) is 0 Å². The van der Waals surface area contributed by atoms with E-state index >= 15 is 13.2 Å². The lowest BCUT2D eigenvalue weighted by molar-refractivity contribution is -0.137. The third-order valence-corrected chi connectivity index (χ3v) is 10.6. The zero-order chi connectivity index (χ0) is 38.1. The summed E-state index contributed by atoms with van der Waals surface area (Å²) in [4.78, 5) is 0. The molecule has 0 fully saturated rings. The molecule has 2 nitrogen and oxygen atoms in total. The molecule has 0 saturated heterocycles. The Labute approximate surface area is 317 Å². The molecular weight excluding hydrogens is 712 g/mol. The molecular formula is C49H29F5N2. The van der Waals surface area contributed by atoms with E-state index in [1.165, 1.54) is 12.1 Å². The van der Waals surface area contributed by atoms with Crippen LogP contribution in [0.15, 0.2) is 176 Å². The summed E-state index contributed by atoms with van der Waals surface area (Å²) in [7, 11) is 0. The fraction of sp³-hybridized carbons (Fsp3) is 0.0204. The first kappa shape index (κ1) is 33.6. The number of aromatic nitrogens is 2. The average molecular weight is 741 g/mol. The molecule has 0 bridgehead atoms. The van der Waals surface area contributed by atoms with Crippen LogP contribution in [-0.2, 0) is 6.18 Å². The van der Waals surface area contributed by atoms with Gasteiger partial charge < -0.3 is 9.13 Å². The fourth-order valence-electron chi connectivity index (χ4n) is 8.22. The van der Waals surface area contributed by atoms with E-state index < -0.39 is 23.4 Å². The Hall–Kier alpha value is -6.99. The summed E-state index contributed by atoms with van der Waals surface area (Å²) in [5.74, 6) is -1.67. The van der Waals surface area contributed by atoms with E-state index in [9.17, 15) is 8.78 Å². The third-order valence-electron chi connectivity index (χ3n) is 10.6. The maximum atomic E-state index is 16.3. The molecule has 7 heteroatoms. The van der Waals surface area contributed by atoms with E-state index in [1.807, 2.05) is 121 Å². The van der Waals surface area contributed by atoms with Gasteiger partial charge in [-0.15, -0.1) is 0 Å². The van der Waals surface area contributed by atoms with Crippen LogP contribution in [0, 0.1) is 11.6 Å². The van der Waals surface area contributed by atoms with Gasteiger partial charge in [-0.2, -0.15) is 13.2 Å². The first-order valence-electron chi connectivity index (χ1n) is 18.1. The van der Waals surface area contributed by atoms with Crippen LogP contribution in [0.1, 0.15) is 5.56 Å². The lowest BCUT2D eigenvalue weighted by atomic mass is 9.98. The maximum Gasteiger partial charge on any atom is 0.420 e. The minimum Gasteiger partial charge on any atom is -0.309 e. The quantitative estimate of drug-likeness (QED) is 0.156. The van der Waals surface area contributed by atoms with Crippen molar-refractivity contribution in [1.29, 1.82) is 0 Å². The zero-order valence-electron chi connectivity index (χ0n) is 29.5. The Kier molecular flexibility index (Phi) is 7.68. The van der Waals surface area contributed by atoms with Gasteiger partial charge in [-0.25, -0.2) is 8.78 Å². The van der Waals surface area contributed by atoms with Gasteiger partial charge in [0, 0.05) is 27.6 Å². The normalized spacial score (nSPS) is 12.0. The Morgan fingerprint density at radius 3 is 1.16 bits per heavy atom. The van der Waals surface area contributed by atoms with Crippen LogP contribution in [0.2, 0.25) is 0 Å². The molecule has 0 radical (unpaired) electrons. The number of alkyl halides is 3. The summed E-state index contributed by atoms with van der Waals surface area (Å²) in [6.07, 6.45) is -4.89. The van der Waals surface area contributed by atoms with Gasteiger partial charge >= 0.3 is 6.18 Å². The molecule has 0 atom stereocenters. The van der Waals surface area contributed by atoms with Crippen LogP contribution < -0.4 is 0 Å². The summed E-state index contributed by atoms with van der Waals surface area (Å²) < 4.78 is 82.1. The molecule has 0 aliphatic carbocycles. The monoisotopic (exact) mass is 740 g/mol. The number of para-hydroxylation sites is 2. The fourth-order valence-corrected chi connectivity index (χ4v) is 8.22. The summed E-state index contributed by atoms with van der Waals surface area (Å²) >= 11 is 0. The van der Waals surface area contributed by atoms with Gasteiger partial charge in [0.2, 0.25) is 0 Å². The molecule has 0 N–H and O–H groups in total. The topological polar surface area (TPSA) is 9.86 Å². The van der Waals surface area contributed by atoms with E-state index in [-0.39, 0.29) is 22.5 Å². The summed E-state index contributed by atoms with van der Waals surface area (Å²) in [6, 6.07) is 51.6. The van der Waals surface area contributed by atoms with Crippen molar-refractivity contribution in [1.82, 2.24) is 9.13 Å². The Morgan fingerprint density at radius 2 is 0.714 bits per heavy atom. The second-order valence-corrected chi connectivity index (χ2v) is 13.9. The van der Waals surface area contributed by atoms with Gasteiger partial charge in [0.25, 0.3) is 0 Å². The molecule has 2 heterocycles. The Morgan fingerprint density at radius 1 is 0.321 bits per heavy atom. The molecule has 2 aromatic heterocycles. The smallest absolute Gasteiger partial charge is 0.309 e. The van der Waals surface area contributed by atoms with Gasteiger partial charge in [-0.3, -0.25) is 0 Å².